The molecule has 0 fully saturated rings. The summed E-state index contributed by atoms with van der Waals surface area (Å²) in [6.07, 6.45) is 0. The van der Waals surface area contributed by atoms with Gasteiger partial charge in [0.15, 0.2) is 0 Å². The van der Waals surface area contributed by atoms with Gasteiger partial charge < -0.3 is 10.0 Å². The topological polar surface area (TPSA) is 40.5 Å². The lowest BCUT2D eigenvalue weighted by Crippen LogP contribution is -2.39. The molecule has 2 N–H and O–H groups in total. The van der Waals surface area contributed by atoms with Gasteiger partial charge in [0.2, 0.25) is 0 Å². The van der Waals surface area contributed by atoms with Crippen molar-refractivity contribution in [3.63, 3.8) is 0 Å². The third-order valence-corrected chi connectivity index (χ3v) is 2.16. The summed E-state index contributed by atoms with van der Waals surface area (Å²) in [6, 6.07) is 1.77. The van der Waals surface area contributed by atoms with Gasteiger partial charge in [-0.3, -0.25) is 0 Å². The van der Waals surface area contributed by atoms with Crippen LogP contribution in [0.2, 0.25) is 0 Å². The number of rotatable bonds is 1. The fraction of sp³-hybridized carbons (Fsp3) is 0.400. The van der Waals surface area contributed by atoms with Crippen LogP contribution in [0.25, 0.3) is 0 Å². The van der Waals surface area contributed by atoms with Crippen molar-refractivity contribution in [1.82, 2.24) is 0 Å². The van der Waals surface area contributed by atoms with Crippen LogP contribution < -0.4 is 5.46 Å². The molecule has 0 spiro atoms. The Kier molecular flexibility index (Phi) is 3.16. The molecular weight excluding hydrogens is 201 g/mol. The molecule has 0 amide bonds. The van der Waals surface area contributed by atoms with Gasteiger partial charge in [-0.1, -0.05) is 20.8 Å². The Hall–Kier alpha value is -0.935. The second kappa shape index (κ2) is 3.91. The summed E-state index contributed by atoms with van der Waals surface area (Å²) < 4.78 is 26.3. The lowest BCUT2D eigenvalue weighted by Gasteiger charge is -2.23. The molecule has 1 aromatic rings. The Bertz CT molecular complexity index is 372. The highest BCUT2D eigenvalue weighted by Crippen LogP contribution is 2.22. The van der Waals surface area contributed by atoms with Crippen LogP contribution in [0, 0.1) is 11.6 Å². The molecule has 0 aromatic heterocycles. The van der Waals surface area contributed by atoms with Crippen molar-refractivity contribution in [1.29, 1.82) is 0 Å². The van der Waals surface area contributed by atoms with E-state index in [0.717, 1.165) is 6.07 Å². The van der Waals surface area contributed by atoms with Crippen LogP contribution in [0.1, 0.15) is 26.3 Å². The Morgan fingerprint density at radius 1 is 1.13 bits per heavy atom. The van der Waals surface area contributed by atoms with E-state index in [4.69, 9.17) is 10.0 Å². The van der Waals surface area contributed by atoms with Crippen molar-refractivity contribution in [2.45, 2.75) is 26.2 Å². The minimum absolute atomic E-state index is 0.259. The molecule has 0 saturated heterocycles. The summed E-state index contributed by atoms with van der Waals surface area (Å²) in [5.74, 6) is -1.66. The molecule has 15 heavy (non-hydrogen) atoms. The van der Waals surface area contributed by atoms with Crippen LogP contribution in [0.4, 0.5) is 8.78 Å². The first kappa shape index (κ1) is 12.1. The largest absolute Gasteiger partial charge is 0.491 e. The molecule has 0 unspecified atom stereocenters. The fourth-order valence-electron chi connectivity index (χ4n) is 1.47. The van der Waals surface area contributed by atoms with Crippen LogP contribution in [0.15, 0.2) is 12.1 Å². The van der Waals surface area contributed by atoms with Crippen LogP contribution in [0.5, 0.6) is 0 Å². The summed E-state index contributed by atoms with van der Waals surface area (Å²) in [4.78, 5) is 0. The fourth-order valence-corrected chi connectivity index (χ4v) is 1.47. The molecule has 0 heterocycles. The SMILES string of the molecule is CC(C)(C)c1cc(F)cc(F)c1B(O)O. The molecular formula is C10H13BF2O2. The highest BCUT2D eigenvalue weighted by atomic mass is 19.1. The van der Waals surface area contributed by atoms with Crippen LogP contribution in [-0.2, 0) is 5.41 Å². The smallest absolute Gasteiger partial charge is 0.423 e. The average Bonchev–Trinajstić information content (AvgIpc) is 1.99. The average molecular weight is 214 g/mol. The molecule has 0 aliphatic carbocycles. The predicted molar refractivity (Wildman–Crippen MR) is 54.9 cm³/mol. The summed E-state index contributed by atoms with van der Waals surface area (Å²) in [6.45, 7) is 5.23. The first-order valence-corrected chi connectivity index (χ1v) is 4.59. The van der Waals surface area contributed by atoms with Crippen molar-refractivity contribution >= 4 is 12.6 Å². The zero-order chi connectivity index (χ0) is 11.8. The van der Waals surface area contributed by atoms with Gasteiger partial charge in [-0.15, -0.1) is 0 Å². The van der Waals surface area contributed by atoms with E-state index >= 15 is 0 Å². The molecule has 1 rings (SSSR count). The lowest BCUT2D eigenvalue weighted by molar-refractivity contribution is 0.420. The second-order valence-corrected chi connectivity index (χ2v) is 4.47. The van der Waals surface area contributed by atoms with Gasteiger partial charge in [0.05, 0.1) is 0 Å². The molecule has 0 atom stereocenters. The maximum absolute atomic E-state index is 13.3. The summed E-state index contributed by atoms with van der Waals surface area (Å²) in [7, 11) is -1.93. The molecule has 0 bridgehead atoms. The summed E-state index contributed by atoms with van der Waals surface area (Å²) in [5, 5.41) is 18.1. The quantitative estimate of drug-likeness (QED) is 0.683. The minimum atomic E-state index is -1.93. The zero-order valence-corrected chi connectivity index (χ0v) is 8.88. The van der Waals surface area contributed by atoms with E-state index in [1.165, 1.54) is 0 Å². The van der Waals surface area contributed by atoms with Crippen molar-refractivity contribution in [2.24, 2.45) is 0 Å². The van der Waals surface area contributed by atoms with Crippen molar-refractivity contribution < 1.29 is 18.8 Å². The lowest BCUT2D eigenvalue weighted by atomic mass is 9.70. The van der Waals surface area contributed by atoms with Gasteiger partial charge in [0.25, 0.3) is 0 Å². The van der Waals surface area contributed by atoms with Gasteiger partial charge in [-0.05, 0) is 17.0 Å². The molecule has 0 saturated carbocycles. The molecule has 0 aliphatic rings. The maximum Gasteiger partial charge on any atom is 0.491 e. The molecule has 82 valence electrons. The molecule has 5 heteroatoms. The van der Waals surface area contributed by atoms with E-state index in [1.807, 2.05) is 0 Å². The number of hydrogen-bond donors (Lipinski definition) is 2. The van der Waals surface area contributed by atoms with Gasteiger partial charge in [-0.2, -0.15) is 0 Å². The first-order chi connectivity index (χ1) is 6.73. The summed E-state index contributed by atoms with van der Waals surface area (Å²) >= 11 is 0. The highest BCUT2D eigenvalue weighted by Gasteiger charge is 2.28. The Morgan fingerprint density at radius 3 is 2.07 bits per heavy atom. The van der Waals surface area contributed by atoms with Crippen LogP contribution >= 0.6 is 0 Å². The van der Waals surface area contributed by atoms with Gasteiger partial charge in [0, 0.05) is 11.5 Å². The van der Waals surface area contributed by atoms with Gasteiger partial charge in [0.1, 0.15) is 11.6 Å². The zero-order valence-electron chi connectivity index (χ0n) is 8.88. The number of benzene rings is 1. The molecule has 1 aromatic carbocycles. The molecule has 0 aliphatic heterocycles. The Morgan fingerprint density at radius 2 is 1.67 bits per heavy atom. The van der Waals surface area contributed by atoms with E-state index in [1.54, 1.807) is 20.8 Å². The summed E-state index contributed by atoms with van der Waals surface area (Å²) in [5.41, 5.74) is -0.555. The minimum Gasteiger partial charge on any atom is -0.423 e. The predicted octanol–water partition coefficient (Wildman–Crippen LogP) is 0.942. The number of hydrogen-bond acceptors (Lipinski definition) is 2. The van der Waals surface area contributed by atoms with Crippen molar-refractivity contribution in [3.8, 4) is 0 Å². The Labute approximate surface area is 87.7 Å². The van der Waals surface area contributed by atoms with E-state index < -0.39 is 24.2 Å². The van der Waals surface area contributed by atoms with E-state index in [0.29, 0.717) is 6.07 Å². The monoisotopic (exact) mass is 214 g/mol. The molecule has 0 radical (unpaired) electrons. The normalized spacial score (nSPS) is 11.7. The van der Waals surface area contributed by atoms with Crippen LogP contribution in [0.3, 0.4) is 0 Å². The van der Waals surface area contributed by atoms with E-state index in [-0.39, 0.29) is 11.0 Å². The van der Waals surface area contributed by atoms with E-state index in [2.05, 4.69) is 0 Å². The third kappa shape index (κ3) is 2.55. The third-order valence-electron chi connectivity index (χ3n) is 2.16. The van der Waals surface area contributed by atoms with Crippen molar-refractivity contribution in [3.05, 3.63) is 29.3 Å². The van der Waals surface area contributed by atoms with Crippen molar-refractivity contribution in [2.75, 3.05) is 0 Å². The van der Waals surface area contributed by atoms with Gasteiger partial charge >= 0.3 is 7.12 Å². The van der Waals surface area contributed by atoms with E-state index in [9.17, 15) is 8.78 Å². The second-order valence-electron chi connectivity index (χ2n) is 4.47. The maximum atomic E-state index is 13.3. The van der Waals surface area contributed by atoms with Crippen LogP contribution in [-0.4, -0.2) is 17.2 Å². The first-order valence-electron chi connectivity index (χ1n) is 4.59. The molecule has 2 nitrogen and oxygen atoms in total. The number of halogens is 2. The standard InChI is InChI=1S/C10H13BF2O2/c1-10(2,3)7-4-6(12)5-8(13)9(7)11(14)15/h4-5,14-15H,1-3H3. The highest BCUT2D eigenvalue weighted by molar-refractivity contribution is 6.59. The Balaban J connectivity index is 3.47. The van der Waals surface area contributed by atoms with Gasteiger partial charge in [-0.25, -0.2) is 8.78 Å².